The van der Waals surface area contributed by atoms with Gasteiger partial charge in [-0.2, -0.15) is 0 Å². The lowest BCUT2D eigenvalue weighted by molar-refractivity contribution is -0.140. The Hall–Kier alpha value is -2.38. The number of hydrogen-bond acceptors (Lipinski definition) is 5. The average Bonchev–Trinajstić information content (AvgIpc) is 2.48. The third-order valence-electron chi connectivity index (χ3n) is 2.84. The van der Waals surface area contributed by atoms with Gasteiger partial charge in [-0.1, -0.05) is 35.9 Å². The van der Waals surface area contributed by atoms with Gasteiger partial charge in [0.15, 0.2) is 17.5 Å². The standard InChI is InChI=1S/C13H11ClN2O5/c14-11-7-4-2-1-3-6(7)10(18)9(16-11)12(19)15-8(5-17)13(20)21/h1-4,8,17-18H,5H2,(H,15,19)(H,20,21). The quantitative estimate of drug-likeness (QED) is 0.619. The van der Waals surface area contributed by atoms with Crippen molar-refractivity contribution >= 4 is 34.2 Å². The van der Waals surface area contributed by atoms with Crippen LogP contribution in [0.25, 0.3) is 10.8 Å². The van der Waals surface area contributed by atoms with Crippen molar-refractivity contribution in [2.24, 2.45) is 0 Å². The fraction of sp³-hybridized carbons (Fsp3) is 0.154. The second-order valence-corrected chi connectivity index (χ2v) is 4.55. The molecule has 0 aliphatic carbocycles. The third-order valence-corrected chi connectivity index (χ3v) is 3.13. The zero-order chi connectivity index (χ0) is 15.6. The Morgan fingerprint density at radius 3 is 2.48 bits per heavy atom. The molecule has 0 saturated carbocycles. The monoisotopic (exact) mass is 310 g/mol. The van der Waals surface area contributed by atoms with E-state index in [1.807, 2.05) is 5.32 Å². The Labute approximate surface area is 123 Å². The van der Waals surface area contributed by atoms with Crippen LogP contribution < -0.4 is 5.32 Å². The Morgan fingerprint density at radius 1 is 1.29 bits per heavy atom. The van der Waals surface area contributed by atoms with Gasteiger partial charge < -0.3 is 20.6 Å². The molecule has 0 bridgehead atoms. The van der Waals surface area contributed by atoms with Crippen LogP contribution in [0.15, 0.2) is 24.3 Å². The number of amides is 1. The minimum Gasteiger partial charge on any atom is -0.505 e. The molecule has 1 amide bonds. The lowest BCUT2D eigenvalue weighted by atomic mass is 10.1. The second kappa shape index (κ2) is 5.94. The summed E-state index contributed by atoms with van der Waals surface area (Å²) in [6.45, 7) is -0.789. The van der Waals surface area contributed by atoms with Crippen molar-refractivity contribution in [2.75, 3.05) is 6.61 Å². The molecule has 2 aromatic rings. The zero-order valence-corrected chi connectivity index (χ0v) is 11.3. The lowest BCUT2D eigenvalue weighted by Gasteiger charge is -2.13. The number of aliphatic carboxylic acids is 1. The molecule has 110 valence electrons. The number of hydrogen-bond donors (Lipinski definition) is 4. The molecule has 2 rings (SSSR count). The van der Waals surface area contributed by atoms with E-state index >= 15 is 0 Å². The van der Waals surface area contributed by atoms with Gasteiger partial charge >= 0.3 is 5.97 Å². The molecule has 0 aliphatic rings. The number of halogens is 1. The summed E-state index contributed by atoms with van der Waals surface area (Å²) in [5.74, 6) is -2.76. The van der Waals surface area contributed by atoms with E-state index in [0.29, 0.717) is 10.8 Å². The first-order valence-corrected chi connectivity index (χ1v) is 6.25. The molecule has 4 N–H and O–H groups in total. The summed E-state index contributed by atoms with van der Waals surface area (Å²) in [5, 5.41) is 30.6. The number of pyridine rings is 1. The van der Waals surface area contributed by atoms with Crippen LogP contribution in [0.4, 0.5) is 0 Å². The Morgan fingerprint density at radius 2 is 1.90 bits per heavy atom. The van der Waals surface area contributed by atoms with Crippen molar-refractivity contribution in [3.05, 3.63) is 35.1 Å². The molecule has 0 aliphatic heterocycles. The first-order chi connectivity index (χ1) is 9.95. The molecule has 7 nitrogen and oxygen atoms in total. The van der Waals surface area contributed by atoms with E-state index in [1.165, 1.54) is 0 Å². The molecule has 1 unspecified atom stereocenters. The summed E-state index contributed by atoms with van der Waals surface area (Å²) in [7, 11) is 0. The normalized spacial score (nSPS) is 12.1. The van der Waals surface area contributed by atoms with Crippen LogP contribution in [0.3, 0.4) is 0 Å². The summed E-state index contributed by atoms with van der Waals surface area (Å²) in [5.41, 5.74) is -0.404. The molecule has 0 spiro atoms. The molecule has 21 heavy (non-hydrogen) atoms. The number of benzene rings is 1. The largest absolute Gasteiger partial charge is 0.505 e. The van der Waals surface area contributed by atoms with Crippen molar-refractivity contribution in [1.82, 2.24) is 10.3 Å². The van der Waals surface area contributed by atoms with Crippen molar-refractivity contribution in [2.45, 2.75) is 6.04 Å². The third kappa shape index (κ3) is 2.88. The summed E-state index contributed by atoms with van der Waals surface area (Å²) >= 11 is 5.94. The van der Waals surface area contributed by atoms with Gasteiger partial charge in [0.05, 0.1) is 6.61 Å². The minimum atomic E-state index is -1.50. The molecule has 1 atom stereocenters. The molecular formula is C13H11ClN2O5. The number of aliphatic hydroxyl groups is 1. The van der Waals surface area contributed by atoms with Crippen molar-refractivity contribution in [3.8, 4) is 5.75 Å². The predicted molar refractivity (Wildman–Crippen MR) is 74.4 cm³/mol. The van der Waals surface area contributed by atoms with Gasteiger partial charge in [0.1, 0.15) is 5.15 Å². The number of rotatable bonds is 4. The Kier molecular flexibility index (Phi) is 4.25. The van der Waals surface area contributed by atoms with Gasteiger partial charge in [-0.25, -0.2) is 9.78 Å². The van der Waals surface area contributed by atoms with E-state index in [9.17, 15) is 14.7 Å². The highest BCUT2D eigenvalue weighted by atomic mass is 35.5. The number of carboxylic acid groups (broad SMARTS) is 1. The van der Waals surface area contributed by atoms with Crippen LogP contribution in [0.5, 0.6) is 5.75 Å². The Balaban J connectivity index is 2.45. The van der Waals surface area contributed by atoms with Gasteiger partial charge in [-0.3, -0.25) is 4.79 Å². The summed E-state index contributed by atoms with van der Waals surface area (Å²) in [4.78, 5) is 26.5. The molecule has 1 aromatic carbocycles. The van der Waals surface area contributed by atoms with E-state index in [0.717, 1.165) is 0 Å². The number of fused-ring (bicyclic) bond motifs is 1. The van der Waals surface area contributed by atoms with Crippen LogP contribution in [-0.2, 0) is 4.79 Å². The van der Waals surface area contributed by atoms with Crippen LogP contribution >= 0.6 is 11.6 Å². The number of nitrogens with one attached hydrogen (secondary N) is 1. The second-order valence-electron chi connectivity index (χ2n) is 4.19. The molecule has 0 saturated heterocycles. The highest BCUT2D eigenvalue weighted by Crippen LogP contribution is 2.31. The maximum absolute atomic E-state index is 12.0. The van der Waals surface area contributed by atoms with Crippen LogP contribution in [0, 0.1) is 0 Å². The number of aromatic hydroxyl groups is 1. The Bertz CT molecular complexity index is 719. The first-order valence-electron chi connectivity index (χ1n) is 5.87. The van der Waals surface area contributed by atoms with Crippen molar-refractivity contribution in [1.29, 1.82) is 0 Å². The number of aromatic nitrogens is 1. The lowest BCUT2D eigenvalue weighted by Crippen LogP contribution is -2.43. The van der Waals surface area contributed by atoms with Crippen LogP contribution in [0.1, 0.15) is 10.5 Å². The van der Waals surface area contributed by atoms with Crippen LogP contribution in [0.2, 0.25) is 5.15 Å². The molecule has 1 aromatic heterocycles. The first kappa shape index (κ1) is 15.0. The predicted octanol–water partition coefficient (Wildman–Crippen LogP) is 0.769. The SMILES string of the molecule is O=C(NC(CO)C(=O)O)c1nc(Cl)c2ccccc2c1O. The van der Waals surface area contributed by atoms with E-state index in [4.69, 9.17) is 21.8 Å². The maximum Gasteiger partial charge on any atom is 0.328 e. The fourth-order valence-corrected chi connectivity index (χ4v) is 2.03. The zero-order valence-electron chi connectivity index (χ0n) is 10.6. The molecule has 1 heterocycles. The van der Waals surface area contributed by atoms with Gasteiger partial charge in [0, 0.05) is 10.8 Å². The summed E-state index contributed by atoms with van der Waals surface area (Å²) in [6.07, 6.45) is 0. The number of carboxylic acids is 1. The fourth-order valence-electron chi connectivity index (χ4n) is 1.78. The van der Waals surface area contributed by atoms with E-state index < -0.39 is 36.0 Å². The van der Waals surface area contributed by atoms with E-state index in [1.54, 1.807) is 24.3 Å². The number of nitrogens with zero attached hydrogens (tertiary/aromatic N) is 1. The number of carbonyl (C=O) groups is 2. The summed E-state index contributed by atoms with van der Waals surface area (Å²) < 4.78 is 0. The average molecular weight is 311 g/mol. The topological polar surface area (TPSA) is 120 Å². The highest BCUT2D eigenvalue weighted by Gasteiger charge is 2.24. The smallest absolute Gasteiger partial charge is 0.328 e. The summed E-state index contributed by atoms with van der Waals surface area (Å²) in [6, 6.07) is 5.02. The number of aliphatic hydroxyl groups excluding tert-OH is 1. The van der Waals surface area contributed by atoms with Gasteiger partial charge in [0.2, 0.25) is 0 Å². The highest BCUT2D eigenvalue weighted by molar-refractivity contribution is 6.34. The number of carbonyl (C=O) groups excluding carboxylic acids is 1. The van der Waals surface area contributed by atoms with Crippen molar-refractivity contribution < 1.29 is 24.9 Å². The molecule has 0 radical (unpaired) electrons. The van der Waals surface area contributed by atoms with Gasteiger partial charge in [0.25, 0.3) is 5.91 Å². The van der Waals surface area contributed by atoms with E-state index in [-0.39, 0.29) is 5.15 Å². The minimum absolute atomic E-state index is 0.00410. The van der Waals surface area contributed by atoms with E-state index in [2.05, 4.69) is 4.98 Å². The molecular weight excluding hydrogens is 300 g/mol. The molecule has 0 fully saturated rings. The van der Waals surface area contributed by atoms with Gasteiger partial charge in [-0.15, -0.1) is 0 Å². The van der Waals surface area contributed by atoms with Gasteiger partial charge in [-0.05, 0) is 0 Å². The van der Waals surface area contributed by atoms with Crippen LogP contribution in [-0.4, -0.2) is 44.8 Å². The maximum atomic E-state index is 12.0. The van der Waals surface area contributed by atoms with Crippen molar-refractivity contribution in [3.63, 3.8) is 0 Å². The molecule has 8 heteroatoms.